The zero-order valence-electron chi connectivity index (χ0n) is 15.7. The van der Waals surface area contributed by atoms with Crippen molar-refractivity contribution in [2.24, 2.45) is 0 Å². The molecule has 30 heavy (non-hydrogen) atoms. The Morgan fingerprint density at radius 2 is 1.67 bits per heavy atom. The molecule has 5 rings (SSSR count). The highest BCUT2D eigenvalue weighted by Crippen LogP contribution is 2.25. The van der Waals surface area contributed by atoms with Gasteiger partial charge in [0.2, 0.25) is 5.89 Å². The minimum atomic E-state index is 0.177. The van der Waals surface area contributed by atoms with Crippen LogP contribution in [-0.4, -0.2) is 20.2 Å². The topological polar surface area (TPSA) is 73.9 Å². The maximum atomic E-state index is 5.86. The predicted molar refractivity (Wildman–Crippen MR) is 117 cm³/mol. The molecule has 0 aliphatic carbocycles. The smallest absolute Gasteiger partial charge is 0.254 e. The summed E-state index contributed by atoms with van der Waals surface area (Å²) >= 11 is 3.41. The van der Waals surface area contributed by atoms with Crippen molar-refractivity contribution < 1.29 is 9.15 Å². The predicted octanol–water partition coefficient (Wildman–Crippen LogP) is 5.69. The normalized spacial score (nSPS) is 11.0. The van der Waals surface area contributed by atoms with Gasteiger partial charge in [0.15, 0.2) is 6.61 Å². The van der Waals surface area contributed by atoms with Crippen molar-refractivity contribution in [1.29, 1.82) is 0 Å². The molecule has 0 bridgehead atoms. The summed E-state index contributed by atoms with van der Waals surface area (Å²) < 4.78 is 12.6. The second-order valence-electron chi connectivity index (χ2n) is 6.57. The van der Waals surface area contributed by atoms with Crippen molar-refractivity contribution in [2.45, 2.75) is 6.61 Å². The van der Waals surface area contributed by atoms with E-state index in [0.717, 1.165) is 32.3 Å². The molecule has 0 radical (unpaired) electrons. The van der Waals surface area contributed by atoms with Gasteiger partial charge in [-0.1, -0.05) is 40.2 Å². The molecule has 0 saturated heterocycles. The summed E-state index contributed by atoms with van der Waals surface area (Å²) in [4.78, 5) is 9.16. The molecule has 2 heterocycles. The Kier molecular flexibility index (Phi) is 4.94. The van der Waals surface area contributed by atoms with E-state index in [0.29, 0.717) is 17.5 Å². The maximum Gasteiger partial charge on any atom is 0.254 e. The first-order valence-corrected chi connectivity index (χ1v) is 10.1. The molecule has 0 atom stereocenters. The van der Waals surface area contributed by atoms with E-state index >= 15 is 0 Å². The van der Waals surface area contributed by atoms with Crippen LogP contribution in [0.2, 0.25) is 0 Å². The molecule has 0 fully saturated rings. The molecule has 146 valence electrons. The van der Waals surface area contributed by atoms with Crippen LogP contribution in [-0.2, 0) is 6.61 Å². The van der Waals surface area contributed by atoms with E-state index in [9.17, 15) is 0 Å². The van der Waals surface area contributed by atoms with Gasteiger partial charge in [-0.3, -0.25) is 4.98 Å². The molecule has 6 nitrogen and oxygen atoms in total. The van der Waals surface area contributed by atoms with Crippen molar-refractivity contribution in [2.75, 3.05) is 0 Å². The molecule has 0 saturated carbocycles. The molecule has 0 unspecified atom stereocenters. The minimum absolute atomic E-state index is 0.177. The summed E-state index contributed by atoms with van der Waals surface area (Å²) in [5.74, 6) is 1.55. The Balaban J connectivity index is 1.32. The van der Waals surface area contributed by atoms with Crippen LogP contribution in [0.4, 0.5) is 0 Å². The Hall–Kier alpha value is -3.58. The average Bonchev–Trinajstić information content (AvgIpc) is 3.27. The summed E-state index contributed by atoms with van der Waals surface area (Å²) in [6.45, 7) is 0.177. The van der Waals surface area contributed by atoms with Crippen molar-refractivity contribution >= 4 is 27.0 Å². The van der Waals surface area contributed by atoms with E-state index in [-0.39, 0.29) is 6.61 Å². The third kappa shape index (κ3) is 3.92. The lowest BCUT2D eigenvalue weighted by Gasteiger charge is -2.06. The number of rotatable bonds is 5. The van der Waals surface area contributed by atoms with Crippen LogP contribution in [0.1, 0.15) is 5.89 Å². The number of nitrogens with zero attached hydrogens (tertiary/aromatic N) is 4. The van der Waals surface area contributed by atoms with Gasteiger partial charge in [0.1, 0.15) is 5.75 Å². The molecule has 0 N–H and O–H groups in total. The second kappa shape index (κ2) is 8.04. The Labute approximate surface area is 180 Å². The van der Waals surface area contributed by atoms with E-state index in [2.05, 4.69) is 36.1 Å². The molecule has 0 spiro atoms. The number of hydrogen-bond donors (Lipinski definition) is 0. The van der Waals surface area contributed by atoms with Crippen LogP contribution in [0.5, 0.6) is 5.75 Å². The SMILES string of the molecule is Brc1ccc(-c2nnc(COc3cccc(-c4cnc5ccccc5n4)c3)o2)cc1. The highest BCUT2D eigenvalue weighted by Gasteiger charge is 2.10. The quantitative estimate of drug-likeness (QED) is 0.336. The first-order valence-electron chi connectivity index (χ1n) is 9.28. The van der Waals surface area contributed by atoms with Gasteiger partial charge < -0.3 is 9.15 Å². The van der Waals surface area contributed by atoms with Gasteiger partial charge in [-0.2, -0.15) is 0 Å². The van der Waals surface area contributed by atoms with Gasteiger partial charge in [-0.15, -0.1) is 10.2 Å². The van der Waals surface area contributed by atoms with Crippen LogP contribution >= 0.6 is 15.9 Å². The molecule has 0 aliphatic heterocycles. The van der Waals surface area contributed by atoms with Gasteiger partial charge in [-0.25, -0.2) is 4.98 Å². The number of benzene rings is 3. The van der Waals surface area contributed by atoms with E-state index < -0.39 is 0 Å². The molecule has 7 heteroatoms. The summed E-state index contributed by atoms with van der Waals surface area (Å²) in [5.41, 5.74) is 4.29. The number of ether oxygens (including phenoxy) is 1. The molecular formula is C23H15BrN4O2. The molecule has 3 aromatic carbocycles. The van der Waals surface area contributed by atoms with Crippen LogP contribution in [0.25, 0.3) is 33.7 Å². The Morgan fingerprint density at radius 3 is 2.53 bits per heavy atom. The Morgan fingerprint density at radius 1 is 0.833 bits per heavy atom. The third-order valence-corrected chi connectivity index (χ3v) is 5.03. The van der Waals surface area contributed by atoms with Crippen molar-refractivity contribution in [3.8, 4) is 28.5 Å². The highest BCUT2D eigenvalue weighted by molar-refractivity contribution is 9.10. The number of hydrogen-bond acceptors (Lipinski definition) is 6. The zero-order chi connectivity index (χ0) is 20.3. The molecule has 0 amide bonds. The summed E-state index contributed by atoms with van der Waals surface area (Å²) in [6.07, 6.45) is 1.77. The van der Waals surface area contributed by atoms with Gasteiger partial charge in [0, 0.05) is 15.6 Å². The van der Waals surface area contributed by atoms with Crippen LogP contribution in [0, 0.1) is 0 Å². The van der Waals surface area contributed by atoms with E-state index in [1.165, 1.54) is 0 Å². The zero-order valence-corrected chi connectivity index (χ0v) is 17.3. The van der Waals surface area contributed by atoms with Gasteiger partial charge in [-0.05, 0) is 48.5 Å². The van der Waals surface area contributed by atoms with Crippen LogP contribution < -0.4 is 4.74 Å². The standard InChI is InChI=1S/C23H15BrN4O2/c24-17-10-8-15(9-11-17)23-28-27-22(30-23)14-29-18-5-3-4-16(12-18)21-13-25-19-6-1-2-7-20(19)26-21/h1-13H,14H2. The first-order chi connectivity index (χ1) is 14.7. The fourth-order valence-corrected chi connectivity index (χ4v) is 3.27. The highest BCUT2D eigenvalue weighted by atomic mass is 79.9. The number of aromatic nitrogens is 4. The number of fused-ring (bicyclic) bond motifs is 1. The van der Waals surface area contributed by atoms with E-state index in [4.69, 9.17) is 9.15 Å². The van der Waals surface area contributed by atoms with Gasteiger partial charge >= 0.3 is 0 Å². The minimum Gasteiger partial charge on any atom is -0.484 e. The summed E-state index contributed by atoms with van der Waals surface area (Å²) in [7, 11) is 0. The lowest BCUT2D eigenvalue weighted by atomic mass is 10.1. The molecular weight excluding hydrogens is 444 g/mol. The summed E-state index contributed by atoms with van der Waals surface area (Å²) in [6, 6.07) is 23.2. The molecule has 2 aromatic heterocycles. The second-order valence-corrected chi connectivity index (χ2v) is 7.48. The van der Waals surface area contributed by atoms with Crippen molar-refractivity contribution in [3.05, 3.63) is 89.4 Å². The maximum absolute atomic E-state index is 5.86. The monoisotopic (exact) mass is 458 g/mol. The molecule has 5 aromatic rings. The van der Waals surface area contributed by atoms with Gasteiger partial charge in [0.05, 0.1) is 22.9 Å². The lowest BCUT2D eigenvalue weighted by molar-refractivity contribution is 0.264. The van der Waals surface area contributed by atoms with E-state index in [1.54, 1.807) is 6.20 Å². The Bertz CT molecular complexity index is 1320. The fraction of sp³-hybridized carbons (Fsp3) is 0.0435. The summed E-state index contributed by atoms with van der Waals surface area (Å²) in [5, 5.41) is 8.16. The lowest BCUT2D eigenvalue weighted by Crippen LogP contribution is -1.96. The van der Waals surface area contributed by atoms with E-state index in [1.807, 2.05) is 72.8 Å². The molecule has 0 aliphatic rings. The number of halogens is 1. The van der Waals surface area contributed by atoms with Crippen molar-refractivity contribution in [1.82, 2.24) is 20.2 Å². The first kappa shape index (κ1) is 18.4. The fourth-order valence-electron chi connectivity index (χ4n) is 3.01. The van der Waals surface area contributed by atoms with Crippen LogP contribution in [0.3, 0.4) is 0 Å². The van der Waals surface area contributed by atoms with Crippen molar-refractivity contribution in [3.63, 3.8) is 0 Å². The average molecular weight is 459 g/mol. The number of para-hydroxylation sites is 2. The third-order valence-electron chi connectivity index (χ3n) is 4.50. The van der Waals surface area contributed by atoms with Crippen LogP contribution in [0.15, 0.2) is 87.9 Å². The van der Waals surface area contributed by atoms with Gasteiger partial charge in [0.25, 0.3) is 5.89 Å². The largest absolute Gasteiger partial charge is 0.484 e.